The van der Waals surface area contributed by atoms with Crippen molar-refractivity contribution in [1.82, 2.24) is 4.90 Å². The van der Waals surface area contributed by atoms with Gasteiger partial charge in [-0.15, -0.1) is 0 Å². The first-order valence-corrected chi connectivity index (χ1v) is 8.02. The maximum Gasteiger partial charge on any atom is 0.254 e. The lowest BCUT2D eigenvalue weighted by atomic mass is 10.2. The molecule has 0 heterocycles. The number of hydrogen-bond acceptors (Lipinski definition) is 2. The van der Waals surface area contributed by atoms with Crippen LogP contribution in [0.2, 0.25) is 0 Å². The Morgan fingerprint density at radius 1 is 1.56 bits per heavy atom. The van der Waals surface area contributed by atoms with Crippen molar-refractivity contribution in [3.8, 4) is 0 Å². The fourth-order valence-corrected chi connectivity index (χ4v) is 2.56. The molecule has 0 saturated heterocycles. The van der Waals surface area contributed by atoms with Gasteiger partial charge in [-0.3, -0.25) is 4.79 Å². The van der Waals surface area contributed by atoms with Crippen molar-refractivity contribution in [1.29, 1.82) is 0 Å². The van der Waals surface area contributed by atoms with Crippen LogP contribution >= 0.6 is 50.3 Å². The molecule has 0 aliphatic carbocycles. The summed E-state index contributed by atoms with van der Waals surface area (Å²) in [7, 11) is 1.84. The summed E-state index contributed by atoms with van der Waals surface area (Å²) in [5.74, 6) is 1.03. The Balaban J connectivity index is 2.83. The summed E-state index contributed by atoms with van der Waals surface area (Å²) in [6, 6.07) is 5.79. The highest BCUT2D eigenvalue weighted by Crippen LogP contribution is 2.20. The van der Waals surface area contributed by atoms with E-state index in [1.165, 1.54) is 0 Å². The molecule has 0 unspecified atom stereocenters. The van der Waals surface area contributed by atoms with Crippen LogP contribution in [0.25, 0.3) is 0 Å². The molecule has 5 heteroatoms. The number of nitrogens with zero attached hydrogens (tertiary/aromatic N) is 1. The SMILES string of the molecule is CSCCN(C)C(=O)c1cc(I)ccc1Br. The standard InChI is InChI=1S/C11H13BrINOS/c1-14(5-6-16-2)11(15)9-7-8(13)3-4-10(9)12/h3-4,7H,5-6H2,1-2H3. The Morgan fingerprint density at radius 3 is 2.88 bits per heavy atom. The van der Waals surface area contributed by atoms with E-state index >= 15 is 0 Å². The molecule has 0 spiro atoms. The number of benzene rings is 1. The Hall–Kier alpha value is 0.250. The van der Waals surface area contributed by atoms with Crippen molar-refractivity contribution in [2.75, 3.05) is 25.6 Å². The zero-order chi connectivity index (χ0) is 12.1. The average Bonchev–Trinajstić information content (AvgIpc) is 2.28. The van der Waals surface area contributed by atoms with Gasteiger partial charge in [0.2, 0.25) is 0 Å². The van der Waals surface area contributed by atoms with Crippen molar-refractivity contribution in [3.63, 3.8) is 0 Å². The molecule has 2 nitrogen and oxygen atoms in total. The largest absolute Gasteiger partial charge is 0.341 e. The first-order valence-electron chi connectivity index (χ1n) is 4.75. The topological polar surface area (TPSA) is 20.3 Å². The summed E-state index contributed by atoms with van der Waals surface area (Å²) in [5, 5.41) is 0. The smallest absolute Gasteiger partial charge is 0.254 e. The Morgan fingerprint density at radius 2 is 2.25 bits per heavy atom. The second kappa shape index (κ2) is 6.86. The minimum absolute atomic E-state index is 0.0689. The monoisotopic (exact) mass is 413 g/mol. The van der Waals surface area contributed by atoms with Crippen molar-refractivity contribution >= 4 is 56.2 Å². The molecule has 0 radical (unpaired) electrons. The molecule has 0 aromatic heterocycles. The molecule has 0 N–H and O–H groups in total. The van der Waals surface area contributed by atoms with E-state index in [1.54, 1.807) is 16.7 Å². The van der Waals surface area contributed by atoms with E-state index in [9.17, 15) is 4.79 Å². The predicted octanol–water partition coefficient (Wildman–Crippen LogP) is 3.49. The highest BCUT2D eigenvalue weighted by atomic mass is 127. The van der Waals surface area contributed by atoms with Crippen LogP contribution in [-0.4, -0.2) is 36.4 Å². The van der Waals surface area contributed by atoms with Gasteiger partial charge in [0, 0.05) is 27.4 Å². The minimum atomic E-state index is 0.0689. The first kappa shape index (κ1) is 14.3. The van der Waals surface area contributed by atoms with Crippen LogP contribution in [0.15, 0.2) is 22.7 Å². The molecule has 0 atom stereocenters. The fraction of sp³-hybridized carbons (Fsp3) is 0.364. The van der Waals surface area contributed by atoms with E-state index in [0.29, 0.717) is 0 Å². The molecule has 16 heavy (non-hydrogen) atoms. The van der Waals surface area contributed by atoms with E-state index in [1.807, 2.05) is 31.5 Å². The lowest BCUT2D eigenvalue weighted by Gasteiger charge is -2.17. The second-order valence-electron chi connectivity index (χ2n) is 3.34. The molecule has 0 fully saturated rings. The number of thioether (sulfide) groups is 1. The number of hydrogen-bond donors (Lipinski definition) is 0. The Labute approximate surface area is 122 Å². The van der Waals surface area contributed by atoms with Crippen LogP contribution in [0, 0.1) is 3.57 Å². The van der Waals surface area contributed by atoms with Gasteiger partial charge in [0.25, 0.3) is 5.91 Å². The summed E-state index contributed by atoms with van der Waals surface area (Å²) >= 11 is 7.37. The van der Waals surface area contributed by atoms with Crippen LogP contribution < -0.4 is 0 Å². The molecule has 0 aliphatic rings. The average molecular weight is 414 g/mol. The van der Waals surface area contributed by atoms with E-state index in [-0.39, 0.29) is 5.91 Å². The Bertz CT molecular complexity index is 386. The van der Waals surface area contributed by atoms with Gasteiger partial charge in [-0.25, -0.2) is 0 Å². The first-order chi connectivity index (χ1) is 7.56. The normalized spacial score (nSPS) is 10.2. The zero-order valence-electron chi connectivity index (χ0n) is 9.17. The number of rotatable bonds is 4. The molecule has 88 valence electrons. The summed E-state index contributed by atoms with van der Waals surface area (Å²) in [5.41, 5.74) is 0.732. The van der Waals surface area contributed by atoms with Crippen molar-refractivity contribution in [3.05, 3.63) is 31.8 Å². The van der Waals surface area contributed by atoms with Gasteiger partial charge in [0.05, 0.1) is 5.56 Å². The van der Waals surface area contributed by atoms with Crippen molar-refractivity contribution in [2.45, 2.75) is 0 Å². The van der Waals surface area contributed by atoms with Crippen LogP contribution in [-0.2, 0) is 0 Å². The molecule has 0 saturated carbocycles. The molecule has 0 aliphatic heterocycles. The maximum atomic E-state index is 12.1. The quantitative estimate of drug-likeness (QED) is 0.704. The number of halogens is 2. The summed E-state index contributed by atoms with van der Waals surface area (Å²) < 4.78 is 1.93. The third kappa shape index (κ3) is 3.92. The number of carbonyl (C=O) groups excluding carboxylic acids is 1. The van der Waals surface area contributed by atoms with Gasteiger partial charge in [0.15, 0.2) is 0 Å². The minimum Gasteiger partial charge on any atom is -0.341 e. The van der Waals surface area contributed by atoms with Gasteiger partial charge in [0.1, 0.15) is 0 Å². The number of amides is 1. The van der Waals surface area contributed by atoms with Crippen LogP contribution in [0.1, 0.15) is 10.4 Å². The Kier molecular flexibility index (Phi) is 6.13. The van der Waals surface area contributed by atoms with Crippen molar-refractivity contribution in [2.24, 2.45) is 0 Å². The molecule has 1 rings (SSSR count). The molecular weight excluding hydrogens is 401 g/mol. The highest BCUT2D eigenvalue weighted by Gasteiger charge is 2.14. The molecule has 1 amide bonds. The summed E-state index contributed by atoms with van der Waals surface area (Å²) in [4.78, 5) is 13.9. The van der Waals surface area contributed by atoms with Gasteiger partial charge >= 0.3 is 0 Å². The van der Waals surface area contributed by atoms with E-state index in [0.717, 1.165) is 25.9 Å². The van der Waals surface area contributed by atoms with E-state index < -0.39 is 0 Å². The zero-order valence-corrected chi connectivity index (χ0v) is 13.7. The molecule has 1 aromatic rings. The highest BCUT2D eigenvalue weighted by molar-refractivity contribution is 14.1. The second-order valence-corrected chi connectivity index (χ2v) is 6.43. The third-order valence-corrected chi connectivity index (χ3v) is 4.09. The summed E-state index contributed by atoms with van der Waals surface area (Å²) in [6.07, 6.45) is 2.04. The number of carbonyl (C=O) groups is 1. The fourth-order valence-electron chi connectivity index (χ4n) is 1.20. The van der Waals surface area contributed by atoms with E-state index in [2.05, 4.69) is 38.5 Å². The van der Waals surface area contributed by atoms with Gasteiger partial charge in [-0.2, -0.15) is 11.8 Å². The molecule has 0 bridgehead atoms. The lowest BCUT2D eigenvalue weighted by Crippen LogP contribution is -2.29. The molecular formula is C11H13BrINOS. The van der Waals surface area contributed by atoms with Crippen LogP contribution in [0.3, 0.4) is 0 Å². The maximum absolute atomic E-state index is 12.1. The van der Waals surface area contributed by atoms with Crippen LogP contribution in [0.4, 0.5) is 0 Å². The van der Waals surface area contributed by atoms with Gasteiger partial charge in [-0.1, -0.05) is 0 Å². The van der Waals surface area contributed by atoms with Gasteiger partial charge in [-0.05, 0) is 63.0 Å². The van der Waals surface area contributed by atoms with Crippen molar-refractivity contribution < 1.29 is 4.79 Å². The predicted molar refractivity (Wildman–Crippen MR) is 82.2 cm³/mol. The third-order valence-electron chi connectivity index (χ3n) is 2.14. The summed E-state index contributed by atoms with van der Waals surface area (Å²) in [6.45, 7) is 0.776. The van der Waals surface area contributed by atoms with Crippen LogP contribution in [0.5, 0.6) is 0 Å². The van der Waals surface area contributed by atoms with Gasteiger partial charge < -0.3 is 4.90 Å². The van der Waals surface area contributed by atoms with E-state index in [4.69, 9.17) is 0 Å². The lowest BCUT2D eigenvalue weighted by molar-refractivity contribution is 0.0803. The molecule has 1 aromatic carbocycles.